The van der Waals surface area contributed by atoms with E-state index in [2.05, 4.69) is 19.2 Å². The van der Waals surface area contributed by atoms with Crippen molar-refractivity contribution < 1.29 is 9.90 Å². The standard InChI is InChI=1S/C14H23N3O2/c1-3-4-7-17-9(2)8-10-5-6-11(14(18)19)13(16)12(10)15/h5-6,9,17H,3-4,7-8,15-16H2,1-2H3,(H,18,19). The largest absolute Gasteiger partial charge is 0.478 e. The van der Waals surface area contributed by atoms with E-state index in [0.717, 1.165) is 31.4 Å². The fourth-order valence-electron chi connectivity index (χ4n) is 1.97. The Labute approximate surface area is 114 Å². The Bertz CT molecular complexity index is 447. The Balaban J connectivity index is 2.74. The molecule has 0 amide bonds. The molecule has 0 aromatic heterocycles. The van der Waals surface area contributed by atoms with Gasteiger partial charge in [0.15, 0.2) is 0 Å². The van der Waals surface area contributed by atoms with Gasteiger partial charge in [0.1, 0.15) is 0 Å². The summed E-state index contributed by atoms with van der Waals surface area (Å²) < 4.78 is 0. The van der Waals surface area contributed by atoms with E-state index in [4.69, 9.17) is 16.6 Å². The van der Waals surface area contributed by atoms with Gasteiger partial charge in [-0.05, 0) is 37.9 Å². The number of nitrogens with two attached hydrogens (primary N) is 2. The van der Waals surface area contributed by atoms with Crippen LogP contribution in [0.3, 0.4) is 0 Å². The summed E-state index contributed by atoms with van der Waals surface area (Å²) in [4.78, 5) is 10.9. The smallest absolute Gasteiger partial charge is 0.337 e. The van der Waals surface area contributed by atoms with Crippen LogP contribution in [-0.4, -0.2) is 23.7 Å². The molecule has 1 unspecified atom stereocenters. The highest BCUT2D eigenvalue weighted by molar-refractivity contribution is 5.97. The Kier molecular flexibility index (Phi) is 5.63. The molecule has 6 N–H and O–H groups in total. The number of hydrogen-bond acceptors (Lipinski definition) is 4. The third kappa shape index (κ3) is 4.13. The summed E-state index contributed by atoms with van der Waals surface area (Å²) in [6, 6.07) is 3.54. The first kappa shape index (κ1) is 15.3. The van der Waals surface area contributed by atoms with Gasteiger partial charge in [-0.25, -0.2) is 4.79 Å². The summed E-state index contributed by atoms with van der Waals surface area (Å²) >= 11 is 0. The number of aromatic carboxylic acids is 1. The quantitative estimate of drug-likeness (QED) is 0.445. The summed E-state index contributed by atoms with van der Waals surface area (Å²) in [6.45, 7) is 5.20. The first-order valence-corrected chi connectivity index (χ1v) is 6.60. The third-order valence-electron chi connectivity index (χ3n) is 3.16. The molecule has 1 atom stereocenters. The first-order valence-electron chi connectivity index (χ1n) is 6.60. The molecule has 0 saturated heterocycles. The predicted molar refractivity (Wildman–Crippen MR) is 78.3 cm³/mol. The molecule has 0 aliphatic heterocycles. The normalized spacial score (nSPS) is 12.3. The highest BCUT2D eigenvalue weighted by Gasteiger charge is 2.14. The molecule has 19 heavy (non-hydrogen) atoms. The Morgan fingerprint density at radius 3 is 2.63 bits per heavy atom. The van der Waals surface area contributed by atoms with E-state index in [1.54, 1.807) is 6.07 Å². The van der Waals surface area contributed by atoms with Crippen LogP contribution in [0, 0.1) is 0 Å². The van der Waals surface area contributed by atoms with Crippen LogP contribution >= 0.6 is 0 Å². The number of nitrogens with one attached hydrogen (secondary N) is 1. The fraction of sp³-hybridized carbons (Fsp3) is 0.500. The number of carbonyl (C=O) groups is 1. The topological polar surface area (TPSA) is 101 Å². The van der Waals surface area contributed by atoms with Gasteiger partial charge in [-0.3, -0.25) is 0 Å². The van der Waals surface area contributed by atoms with Crippen LogP contribution in [0.5, 0.6) is 0 Å². The third-order valence-corrected chi connectivity index (χ3v) is 3.16. The number of anilines is 2. The molecule has 0 aliphatic rings. The van der Waals surface area contributed by atoms with E-state index in [-0.39, 0.29) is 17.3 Å². The van der Waals surface area contributed by atoms with Crippen LogP contribution < -0.4 is 16.8 Å². The van der Waals surface area contributed by atoms with Crippen molar-refractivity contribution in [2.45, 2.75) is 39.2 Å². The SMILES string of the molecule is CCCCNC(C)Cc1ccc(C(=O)O)c(N)c1N. The average molecular weight is 265 g/mol. The molecule has 0 radical (unpaired) electrons. The lowest BCUT2D eigenvalue weighted by Crippen LogP contribution is -2.29. The van der Waals surface area contributed by atoms with Crippen LogP contribution in [-0.2, 0) is 6.42 Å². The summed E-state index contributed by atoms with van der Waals surface area (Å²) in [5.41, 5.74) is 13.2. The fourth-order valence-corrected chi connectivity index (χ4v) is 1.97. The molecule has 0 aliphatic carbocycles. The van der Waals surface area contributed by atoms with Crippen molar-refractivity contribution in [2.75, 3.05) is 18.0 Å². The van der Waals surface area contributed by atoms with Gasteiger partial charge >= 0.3 is 5.97 Å². The van der Waals surface area contributed by atoms with Crippen molar-refractivity contribution in [2.24, 2.45) is 0 Å². The maximum absolute atomic E-state index is 10.9. The lowest BCUT2D eigenvalue weighted by molar-refractivity contribution is 0.0698. The van der Waals surface area contributed by atoms with Crippen molar-refractivity contribution in [3.05, 3.63) is 23.3 Å². The Hall–Kier alpha value is -1.75. The van der Waals surface area contributed by atoms with Crippen LogP contribution in [0.2, 0.25) is 0 Å². The summed E-state index contributed by atoms with van der Waals surface area (Å²) in [5, 5.41) is 12.4. The molecular formula is C14H23N3O2. The highest BCUT2D eigenvalue weighted by atomic mass is 16.4. The molecule has 106 valence electrons. The molecule has 5 heteroatoms. The molecule has 0 bridgehead atoms. The maximum Gasteiger partial charge on any atom is 0.337 e. The van der Waals surface area contributed by atoms with Gasteiger partial charge in [-0.1, -0.05) is 19.4 Å². The van der Waals surface area contributed by atoms with Crippen LogP contribution in [0.25, 0.3) is 0 Å². The van der Waals surface area contributed by atoms with Crippen molar-refractivity contribution in [1.82, 2.24) is 5.32 Å². The number of carboxylic acid groups (broad SMARTS) is 1. The van der Waals surface area contributed by atoms with E-state index in [9.17, 15) is 4.79 Å². The first-order chi connectivity index (χ1) is 8.97. The van der Waals surface area contributed by atoms with Gasteiger partial charge in [0.25, 0.3) is 0 Å². The van der Waals surface area contributed by atoms with Gasteiger partial charge < -0.3 is 21.9 Å². The molecule has 1 rings (SSSR count). The van der Waals surface area contributed by atoms with E-state index >= 15 is 0 Å². The van der Waals surface area contributed by atoms with Gasteiger partial charge in [-0.15, -0.1) is 0 Å². The van der Waals surface area contributed by atoms with Gasteiger partial charge in [0.2, 0.25) is 0 Å². The number of nitrogen functional groups attached to an aromatic ring is 2. The molecule has 1 aromatic rings. The minimum absolute atomic E-state index is 0.0628. The van der Waals surface area contributed by atoms with Crippen LogP contribution in [0.1, 0.15) is 42.6 Å². The van der Waals surface area contributed by atoms with E-state index in [1.807, 2.05) is 0 Å². The number of carboxylic acids is 1. The maximum atomic E-state index is 10.9. The van der Waals surface area contributed by atoms with Gasteiger partial charge in [0.05, 0.1) is 16.9 Å². The summed E-state index contributed by atoms with van der Waals surface area (Å²) in [7, 11) is 0. The number of hydrogen-bond donors (Lipinski definition) is 4. The second-order valence-electron chi connectivity index (χ2n) is 4.82. The molecule has 1 aromatic carbocycles. The molecular weight excluding hydrogens is 242 g/mol. The van der Waals surface area contributed by atoms with Crippen molar-refractivity contribution in [1.29, 1.82) is 0 Å². The van der Waals surface area contributed by atoms with Gasteiger partial charge in [-0.2, -0.15) is 0 Å². The Morgan fingerprint density at radius 1 is 1.37 bits per heavy atom. The number of rotatable bonds is 7. The van der Waals surface area contributed by atoms with Gasteiger partial charge in [0, 0.05) is 6.04 Å². The minimum atomic E-state index is -1.05. The van der Waals surface area contributed by atoms with Crippen molar-refractivity contribution in [3.8, 4) is 0 Å². The number of benzene rings is 1. The van der Waals surface area contributed by atoms with Crippen LogP contribution in [0.15, 0.2) is 12.1 Å². The molecule has 5 nitrogen and oxygen atoms in total. The highest BCUT2D eigenvalue weighted by Crippen LogP contribution is 2.25. The minimum Gasteiger partial charge on any atom is -0.478 e. The zero-order chi connectivity index (χ0) is 14.4. The lowest BCUT2D eigenvalue weighted by Gasteiger charge is -2.16. The molecule has 0 fully saturated rings. The van der Waals surface area contributed by atoms with E-state index < -0.39 is 5.97 Å². The average Bonchev–Trinajstić information content (AvgIpc) is 2.35. The summed E-state index contributed by atoms with van der Waals surface area (Å²) in [6.07, 6.45) is 3.03. The molecule has 0 spiro atoms. The zero-order valence-electron chi connectivity index (χ0n) is 11.6. The monoisotopic (exact) mass is 265 g/mol. The Morgan fingerprint density at radius 2 is 2.05 bits per heavy atom. The summed E-state index contributed by atoms with van der Waals surface area (Å²) in [5.74, 6) is -1.05. The van der Waals surface area contributed by atoms with Crippen molar-refractivity contribution in [3.63, 3.8) is 0 Å². The molecule has 0 heterocycles. The van der Waals surface area contributed by atoms with E-state index in [0.29, 0.717) is 5.69 Å². The zero-order valence-corrected chi connectivity index (χ0v) is 11.6. The predicted octanol–water partition coefficient (Wildman–Crippen LogP) is 1.87. The van der Waals surface area contributed by atoms with Crippen molar-refractivity contribution >= 4 is 17.3 Å². The van der Waals surface area contributed by atoms with Crippen LogP contribution in [0.4, 0.5) is 11.4 Å². The van der Waals surface area contributed by atoms with E-state index in [1.165, 1.54) is 6.07 Å². The molecule has 0 saturated carbocycles. The second kappa shape index (κ2) is 6.99. The second-order valence-corrected chi connectivity index (χ2v) is 4.82. The number of unbranched alkanes of at least 4 members (excludes halogenated alkanes) is 1. The lowest BCUT2D eigenvalue weighted by atomic mass is 10.0.